The highest BCUT2D eigenvalue weighted by Crippen LogP contribution is 2.32. The Morgan fingerprint density at radius 2 is 2.10 bits per heavy atom. The molecule has 1 aliphatic heterocycles. The zero-order valence-corrected chi connectivity index (χ0v) is 13.4. The highest BCUT2D eigenvalue weighted by atomic mass is 19.1. The molecular weight excluding hydrogens is 265 g/mol. The van der Waals surface area contributed by atoms with E-state index in [-0.39, 0.29) is 6.42 Å². The van der Waals surface area contributed by atoms with Gasteiger partial charge in [-0.2, -0.15) is 0 Å². The summed E-state index contributed by atoms with van der Waals surface area (Å²) in [5.74, 6) is -1.02. The van der Waals surface area contributed by atoms with Crippen LogP contribution in [0.2, 0.25) is 0 Å². The average Bonchev–Trinajstić information content (AvgIpc) is 2.51. The van der Waals surface area contributed by atoms with E-state index in [2.05, 4.69) is 24.8 Å². The van der Waals surface area contributed by atoms with Gasteiger partial charge in [-0.1, -0.05) is 13.0 Å². The van der Waals surface area contributed by atoms with E-state index >= 15 is 0 Å². The summed E-state index contributed by atoms with van der Waals surface area (Å²) in [6.45, 7) is 8.82. The van der Waals surface area contributed by atoms with Gasteiger partial charge in [-0.05, 0) is 62.4 Å². The highest BCUT2D eigenvalue weighted by molar-refractivity contribution is 6.00. The van der Waals surface area contributed by atoms with Crippen molar-refractivity contribution in [3.63, 3.8) is 0 Å². The molecule has 2 nitrogen and oxygen atoms in total. The fraction of sp³-hybridized carbons (Fsp3) is 0.500. The molecule has 0 atom stereocenters. The Balaban J connectivity index is 2.40. The van der Waals surface area contributed by atoms with E-state index in [1.54, 1.807) is 13.8 Å². The van der Waals surface area contributed by atoms with Crippen LogP contribution in [0.3, 0.4) is 0 Å². The number of hydrogen-bond donors (Lipinski definition) is 0. The smallest absolute Gasteiger partial charge is 0.191 e. The lowest BCUT2D eigenvalue weighted by Crippen LogP contribution is -2.35. The molecule has 0 N–H and O–H groups in total. The Morgan fingerprint density at radius 1 is 1.38 bits per heavy atom. The van der Waals surface area contributed by atoms with E-state index in [1.807, 2.05) is 12.1 Å². The van der Waals surface area contributed by atoms with Crippen molar-refractivity contribution < 1.29 is 9.18 Å². The minimum absolute atomic E-state index is 0.204. The third-order valence-electron chi connectivity index (χ3n) is 4.19. The lowest BCUT2D eigenvalue weighted by Gasteiger charge is -2.35. The number of nitrogens with zero attached hydrogens (tertiary/aromatic N) is 1. The quantitative estimate of drug-likeness (QED) is 0.759. The molecule has 0 saturated carbocycles. The molecule has 21 heavy (non-hydrogen) atoms. The molecule has 0 unspecified atom stereocenters. The number of carbonyl (C=O) groups is 1. The van der Waals surface area contributed by atoms with Crippen molar-refractivity contribution in [1.29, 1.82) is 0 Å². The van der Waals surface area contributed by atoms with Gasteiger partial charge in [-0.25, -0.2) is 4.39 Å². The van der Waals surface area contributed by atoms with Crippen molar-refractivity contribution in [3.8, 4) is 0 Å². The zero-order valence-electron chi connectivity index (χ0n) is 13.4. The number of aryl methyl sites for hydroxylation is 1. The highest BCUT2D eigenvalue weighted by Gasteiger charge is 2.20. The largest absolute Gasteiger partial charge is 0.369 e. The maximum atomic E-state index is 14.0. The molecule has 1 heterocycles. The molecule has 0 fully saturated rings. The van der Waals surface area contributed by atoms with E-state index in [0.29, 0.717) is 11.6 Å². The van der Waals surface area contributed by atoms with Gasteiger partial charge in [0.15, 0.2) is 11.6 Å². The molecule has 0 bridgehead atoms. The Hall–Kier alpha value is -1.64. The van der Waals surface area contributed by atoms with Crippen molar-refractivity contribution in [2.24, 2.45) is 0 Å². The van der Waals surface area contributed by atoms with Gasteiger partial charge in [0.05, 0.1) is 0 Å². The molecule has 1 aromatic carbocycles. The number of anilines is 1. The average molecular weight is 289 g/mol. The summed E-state index contributed by atoms with van der Waals surface area (Å²) in [4.78, 5) is 13.9. The molecule has 0 aromatic heterocycles. The Morgan fingerprint density at radius 3 is 2.71 bits per heavy atom. The predicted octanol–water partition coefficient (Wildman–Crippen LogP) is 4.53. The minimum Gasteiger partial charge on any atom is -0.369 e. The molecule has 0 radical (unpaired) electrons. The summed E-state index contributed by atoms with van der Waals surface area (Å²) in [7, 11) is 0. The lowest BCUT2D eigenvalue weighted by molar-refractivity contribution is -0.116. The Kier molecular flexibility index (Phi) is 4.81. The molecule has 3 heteroatoms. The van der Waals surface area contributed by atoms with E-state index in [1.165, 1.54) is 11.3 Å². The van der Waals surface area contributed by atoms with Crippen LogP contribution >= 0.6 is 0 Å². The number of halogens is 1. The number of hydrogen-bond acceptors (Lipinski definition) is 2. The van der Waals surface area contributed by atoms with Crippen LogP contribution in [-0.2, 0) is 11.2 Å². The number of ketones is 1. The Bertz CT molecular complexity index is 575. The van der Waals surface area contributed by atoms with Gasteiger partial charge in [0.25, 0.3) is 0 Å². The Labute approximate surface area is 126 Å². The van der Waals surface area contributed by atoms with Gasteiger partial charge in [-0.3, -0.25) is 4.79 Å². The first-order chi connectivity index (χ1) is 9.95. The third kappa shape index (κ3) is 3.17. The molecule has 0 spiro atoms. The van der Waals surface area contributed by atoms with Gasteiger partial charge in [0.1, 0.15) is 0 Å². The number of carbonyl (C=O) groups excluding carboxylic acids is 1. The van der Waals surface area contributed by atoms with Crippen LogP contribution in [0.5, 0.6) is 0 Å². The number of benzene rings is 1. The second-order valence-electron chi connectivity index (χ2n) is 5.95. The SMILES string of the molecule is CCC(=O)/C(F)=C(/C)c1ccc2c(c1)CCCN2C(C)C. The summed E-state index contributed by atoms with van der Waals surface area (Å²) in [6.07, 6.45) is 2.34. The van der Waals surface area contributed by atoms with Gasteiger partial charge in [-0.15, -0.1) is 0 Å². The van der Waals surface area contributed by atoms with Crippen LogP contribution in [0, 0.1) is 0 Å². The molecule has 0 saturated heterocycles. The first-order valence-corrected chi connectivity index (χ1v) is 7.75. The zero-order chi connectivity index (χ0) is 15.6. The summed E-state index contributed by atoms with van der Waals surface area (Å²) < 4.78 is 14.0. The lowest BCUT2D eigenvalue weighted by atomic mass is 9.95. The van der Waals surface area contributed by atoms with Gasteiger partial charge in [0.2, 0.25) is 0 Å². The molecule has 0 amide bonds. The minimum atomic E-state index is -0.603. The standard InChI is InChI=1S/C18H24FNO/c1-5-17(21)18(19)13(4)14-8-9-16-15(11-14)7-6-10-20(16)12(2)3/h8-9,11-12H,5-7,10H2,1-4H3/b18-13+. The summed E-state index contributed by atoms with van der Waals surface area (Å²) in [5, 5.41) is 0. The maximum Gasteiger partial charge on any atom is 0.191 e. The molecule has 1 aliphatic rings. The fourth-order valence-corrected chi connectivity index (χ4v) is 2.89. The molecule has 2 rings (SSSR count). The van der Waals surface area contributed by atoms with Crippen LogP contribution in [0.4, 0.5) is 10.1 Å². The van der Waals surface area contributed by atoms with Crippen molar-refractivity contribution in [2.45, 2.75) is 53.0 Å². The van der Waals surface area contributed by atoms with Crippen LogP contribution in [-0.4, -0.2) is 18.4 Å². The van der Waals surface area contributed by atoms with Crippen molar-refractivity contribution in [1.82, 2.24) is 0 Å². The van der Waals surface area contributed by atoms with Crippen molar-refractivity contribution in [2.75, 3.05) is 11.4 Å². The van der Waals surface area contributed by atoms with Crippen molar-refractivity contribution in [3.05, 3.63) is 35.2 Å². The number of rotatable bonds is 4. The second kappa shape index (κ2) is 6.42. The number of fused-ring (bicyclic) bond motifs is 1. The molecular formula is C18H24FNO. The maximum absolute atomic E-state index is 14.0. The molecule has 114 valence electrons. The van der Waals surface area contributed by atoms with Gasteiger partial charge >= 0.3 is 0 Å². The van der Waals surface area contributed by atoms with Crippen LogP contribution < -0.4 is 4.90 Å². The second-order valence-corrected chi connectivity index (χ2v) is 5.95. The van der Waals surface area contributed by atoms with Gasteiger partial charge in [0, 0.05) is 24.7 Å². The van der Waals surface area contributed by atoms with Crippen LogP contribution in [0.1, 0.15) is 51.7 Å². The summed E-state index contributed by atoms with van der Waals surface area (Å²) in [6, 6.07) is 6.50. The van der Waals surface area contributed by atoms with E-state index in [9.17, 15) is 9.18 Å². The normalized spacial score (nSPS) is 15.8. The monoisotopic (exact) mass is 289 g/mol. The van der Waals surface area contributed by atoms with E-state index in [0.717, 1.165) is 24.9 Å². The third-order valence-corrected chi connectivity index (χ3v) is 4.19. The van der Waals surface area contributed by atoms with E-state index < -0.39 is 11.6 Å². The molecule has 1 aromatic rings. The topological polar surface area (TPSA) is 20.3 Å². The van der Waals surface area contributed by atoms with Crippen LogP contribution in [0.15, 0.2) is 24.0 Å². The summed E-state index contributed by atoms with van der Waals surface area (Å²) >= 11 is 0. The number of allylic oxidation sites excluding steroid dienone is 2. The van der Waals surface area contributed by atoms with Crippen molar-refractivity contribution >= 4 is 17.0 Å². The van der Waals surface area contributed by atoms with E-state index in [4.69, 9.17) is 0 Å². The van der Waals surface area contributed by atoms with Crippen LogP contribution in [0.25, 0.3) is 5.57 Å². The van der Waals surface area contributed by atoms with Gasteiger partial charge < -0.3 is 4.90 Å². The predicted molar refractivity (Wildman–Crippen MR) is 86.2 cm³/mol. The fourth-order valence-electron chi connectivity index (χ4n) is 2.89. The first kappa shape index (κ1) is 15.7. The summed E-state index contributed by atoms with van der Waals surface area (Å²) in [5.41, 5.74) is 3.77. The first-order valence-electron chi connectivity index (χ1n) is 7.75. The number of Topliss-reactive ketones (excluding diaryl/α,β-unsaturated/α-hetero) is 1. The molecule has 0 aliphatic carbocycles.